The summed E-state index contributed by atoms with van der Waals surface area (Å²) in [6, 6.07) is 8.08. The summed E-state index contributed by atoms with van der Waals surface area (Å²) in [7, 11) is 0. The van der Waals surface area contributed by atoms with Gasteiger partial charge in [-0.15, -0.1) is 0 Å². The van der Waals surface area contributed by atoms with Crippen molar-refractivity contribution in [3.8, 4) is 0 Å². The van der Waals surface area contributed by atoms with Crippen LogP contribution in [0.1, 0.15) is 56.0 Å². The van der Waals surface area contributed by atoms with Crippen molar-refractivity contribution in [1.29, 1.82) is 0 Å². The van der Waals surface area contributed by atoms with Crippen molar-refractivity contribution in [2.24, 2.45) is 11.8 Å². The second-order valence-corrected chi connectivity index (χ2v) is 6.60. The fourth-order valence-corrected chi connectivity index (χ4v) is 3.15. The Kier molecular flexibility index (Phi) is 5.36. The van der Waals surface area contributed by atoms with E-state index in [2.05, 4.69) is 30.9 Å². The molecule has 2 nitrogen and oxygen atoms in total. The van der Waals surface area contributed by atoms with Crippen molar-refractivity contribution in [1.82, 2.24) is 4.90 Å². The van der Waals surface area contributed by atoms with E-state index in [9.17, 15) is 4.79 Å². The molecule has 0 amide bonds. The lowest BCUT2D eigenvalue weighted by molar-refractivity contribution is 0.101. The van der Waals surface area contributed by atoms with Crippen LogP contribution in [0.5, 0.6) is 0 Å². The molecule has 0 aromatic heterocycles. The van der Waals surface area contributed by atoms with E-state index in [1.165, 1.54) is 37.9 Å². The number of rotatable bonds is 5. The normalized spacial score (nSPS) is 17.6. The SMILES string of the molecule is CC(=O)c1ccc(CN2CCC(CC(C)C)CC2)cc1. The first kappa shape index (κ1) is 15.2. The maximum Gasteiger partial charge on any atom is 0.159 e. The molecule has 2 rings (SSSR count). The molecular weight excluding hydrogens is 246 g/mol. The molecule has 0 aliphatic carbocycles. The minimum absolute atomic E-state index is 0.144. The molecule has 0 radical (unpaired) electrons. The highest BCUT2D eigenvalue weighted by molar-refractivity contribution is 5.93. The molecular formula is C18H27NO. The van der Waals surface area contributed by atoms with E-state index in [1.807, 2.05) is 12.1 Å². The smallest absolute Gasteiger partial charge is 0.159 e. The number of benzene rings is 1. The van der Waals surface area contributed by atoms with Crippen LogP contribution in [0.25, 0.3) is 0 Å². The Hall–Kier alpha value is -1.15. The highest BCUT2D eigenvalue weighted by atomic mass is 16.1. The van der Waals surface area contributed by atoms with E-state index in [0.717, 1.165) is 23.9 Å². The van der Waals surface area contributed by atoms with Crippen LogP contribution in [-0.4, -0.2) is 23.8 Å². The average Bonchev–Trinajstić information content (AvgIpc) is 2.41. The summed E-state index contributed by atoms with van der Waals surface area (Å²) in [6.07, 6.45) is 4.05. The first-order valence-electron chi connectivity index (χ1n) is 7.87. The van der Waals surface area contributed by atoms with Crippen LogP contribution in [0, 0.1) is 11.8 Å². The maximum absolute atomic E-state index is 11.3. The van der Waals surface area contributed by atoms with E-state index in [-0.39, 0.29) is 5.78 Å². The molecule has 20 heavy (non-hydrogen) atoms. The number of carbonyl (C=O) groups excluding carboxylic acids is 1. The van der Waals surface area contributed by atoms with Gasteiger partial charge >= 0.3 is 0 Å². The Morgan fingerprint density at radius 2 is 1.80 bits per heavy atom. The Morgan fingerprint density at radius 3 is 2.30 bits per heavy atom. The number of hydrogen-bond acceptors (Lipinski definition) is 2. The third-order valence-corrected chi connectivity index (χ3v) is 4.28. The molecule has 0 bridgehead atoms. The summed E-state index contributed by atoms with van der Waals surface area (Å²) in [5.41, 5.74) is 2.13. The number of nitrogens with zero attached hydrogens (tertiary/aromatic N) is 1. The van der Waals surface area contributed by atoms with Crippen molar-refractivity contribution < 1.29 is 4.79 Å². The van der Waals surface area contributed by atoms with Crippen LogP contribution in [-0.2, 0) is 6.54 Å². The van der Waals surface area contributed by atoms with Gasteiger partial charge in [-0.25, -0.2) is 0 Å². The fraction of sp³-hybridized carbons (Fsp3) is 0.611. The van der Waals surface area contributed by atoms with Crippen LogP contribution in [0.3, 0.4) is 0 Å². The third kappa shape index (κ3) is 4.45. The molecule has 2 heteroatoms. The molecule has 110 valence electrons. The predicted octanol–water partition coefficient (Wildman–Crippen LogP) is 4.15. The largest absolute Gasteiger partial charge is 0.299 e. The fourth-order valence-electron chi connectivity index (χ4n) is 3.15. The van der Waals surface area contributed by atoms with Crippen LogP contribution >= 0.6 is 0 Å². The molecule has 1 heterocycles. The van der Waals surface area contributed by atoms with Crippen LogP contribution in [0.15, 0.2) is 24.3 Å². The molecule has 1 aliphatic heterocycles. The minimum Gasteiger partial charge on any atom is -0.299 e. The van der Waals surface area contributed by atoms with Gasteiger partial charge in [-0.05, 0) is 56.7 Å². The summed E-state index contributed by atoms with van der Waals surface area (Å²) in [5.74, 6) is 1.89. The Labute approximate surface area is 123 Å². The molecule has 0 unspecified atom stereocenters. The third-order valence-electron chi connectivity index (χ3n) is 4.28. The van der Waals surface area contributed by atoms with Crippen molar-refractivity contribution >= 4 is 5.78 Å². The molecule has 0 atom stereocenters. The zero-order chi connectivity index (χ0) is 14.5. The van der Waals surface area contributed by atoms with E-state index < -0.39 is 0 Å². The summed E-state index contributed by atoms with van der Waals surface area (Å²) >= 11 is 0. The maximum atomic E-state index is 11.3. The Morgan fingerprint density at radius 1 is 1.20 bits per heavy atom. The number of likely N-dealkylation sites (tertiary alicyclic amines) is 1. The second kappa shape index (κ2) is 7.03. The van der Waals surface area contributed by atoms with Crippen LogP contribution in [0.4, 0.5) is 0 Å². The van der Waals surface area contributed by atoms with Crippen molar-refractivity contribution in [2.45, 2.75) is 46.6 Å². The minimum atomic E-state index is 0.144. The van der Waals surface area contributed by atoms with Gasteiger partial charge in [0, 0.05) is 12.1 Å². The average molecular weight is 273 g/mol. The van der Waals surface area contributed by atoms with Gasteiger partial charge in [0.2, 0.25) is 0 Å². The molecule has 1 aliphatic rings. The standard InChI is InChI=1S/C18H27NO/c1-14(2)12-16-8-10-19(11-9-16)13-17-4-6-18(7-5-17)15(3)20/h4-7,14,16H,8-13H2,1-3H3. The first-order chi connectivity index (χ1) is 9.54. The van der Waals surface area contributed by atoms with Crippen molar-refractivity contribution in [3.05, 3.63) is 35.4 Å². The van der Waals surface area contributed by atoms with E-state index in [4.69, 9.17) is 0 Å². The molecule has 0 N–H and O–H groups in total. The zero-order valence-corrected chi connectivity index (χ0v) is 13.1. The molecule has 0 spiro atoms. The van der Waals surface area contributed by atoms with Crippen LogP contribution in [0.2, 0.25) is 0 Å². The monoisotopic (exact) mass is 273 g/mol. The lowest BCUT2D eigenvalue weighted by Crippen LogP contribution is -2.33. The Balaban J connectivity index is 1.81. The second-order valence-electron chi connectivity index (χ2n) is 6.60. The summed E-state index contributed by atoms with van der Waals surface area (Å²) in [4.78, 5) is 13.8. The van der Waals surface area contributed by atoms with Crippen LogP contribution < -0.4 is 0 Å². The molecule has 1 fully saturated rings. The van der Waals surface area contributed by atoms with Gasteiger partial charge in [0.1, 0.15) is 0 Å². The summed E-state index contributed by atoms with van der Waals surface area (Å²) in [5, 5.41) is 0. The highest BCUT2D eigenvalue weighted by Crippen LogP contribution is 2.24. The van der Waals surface area contributed by atoms with Gasteiger partial charge in [-0.2, -0.15) is 0 Å². The zero-order valence-electron chi connectivity index (χ0n) is 13.1. The molecule has 1 saturated heterocycles. The first-order valence-corrected chi connectivity index (χ1v) is 7.87. The lowest BCUT2D eigenvalue weighted by atomic mass is 9.88. The van der Waals surface area contributed by atoms with E-state index >= 15 is 0 Å². The summed E-state index contributed by atoms with van der Waals surface area (Å²) in [6.45, 7) is 9.71. The van der Waals surface area contributed by atoms with Gasteiger partial charge in [-0.3, -0.25) is 9.69 Å². The molecule has 1 aromatic carbocycles. The highest BCUT2D eigenvalue weighted by Gasteiger charge is 2.19. The Bertz CT molecular complexity index is 427. The summed E-state index contributed by atoms with van der Waals surface area (Å²) < 4.78 is 0. The number of hydrogen-bond donors (Lipinski definition) is 0. The van der Waals surface area contributed by atoms with Gasteiger partial charge in [0.05, 0.1) is 0 Å². The van der Waals surface area contributed by atoms with Gasteiger partial charge in [-0.1, -0.05) is 38.1 Å². The van der Waals surface area contributed by atoms with Gasteiger partial charge < -0.3 is 0 Å². The predicted molar refractivity (Wildman–Crippen MR) is 83.9 cm³/mol. The number of ketones is 1. The number of carbonyl (C=O) groups is 1. The van der Waals surface area contributed by atoms with Crippen molar-refractivity contribution in [2.75, 3.05) is 13.1 Å². The van der Waals surface area contributed by atoms with E-state index in [1.54, 1.807) is 6.92 Å². The lowest BCUT2D eigenvalue weighted by Gasteiger charge is -2.32. The topological polar surface area (TPSA) is 20.3 Å². The number of Topliss-reactive ketones (excluding diaryl/α,β-unsaturated/α-hetero) is 1. The van der Waals surface area contributed by atoms with Crippen molar-refractivity contribution in [3.63, 3.8) is 0 Å². The quantitative estimate of drug-likeness (QED) is 0.751. The van der Waals surface area contributed by atoms with Gasteiger partial charge in [0.15, 0.2) is 5.78 Å². The number of piperidine rings is 1. The van der Waals surface area contributed by atoms with Gasteiger partial charge in [0.25, 0.3) is 0 Å². The molecule has 1 aromatic rings. The van der Waals surface area contributed by atoms with E-state index in [0.29, 0.717) is 0 Å². The molecule has 0 saturated carbocycles.